The first kappa shape index (κ1) is 9.76. The minimum atomic E-state index is 0.312. The van der Waals surface area contributed by atoms with Crippen molar-refractivity contribution in [3.05, 3.63) is 0 Å². The lowest BCUT2D eigenvalue weighted by Crippen LogP contribution is -2.27. The largest absolute Gasteiger partial charge is 0.300 e. The summed E-state index contributed by atoms with van der Waals surface area (Å²) in [5.41, 5.74) is 0.312. The molecule has 1 saturated carbocycles. The van der Waals surface area contributed by atoms with Crippen molar-refractivity contribution in [2.45, 2.75) is 47.0 Å². The second kappa shape index (κ2) is 3.20. The van der Waals surface area contributed by atoms with E-state index in [1.165, 1.54) is 12.8 Å². The predicted octanol–water partition coefficient (Wildman–Crippen LogP) is 3.04. The summed E-state index contributed by atoms with van der Waals surface area (Å²) < 4.78 is 0. The second-order valence-corrected chi connectivity index (χ2v) is 5.12. The van der Waals surface area contributed by atoms with Gasteiger partial charge in [0.25, 0.3) is 0 Å². The van der Waals surface area contributed by atoms with Gasteiger partial charge in [-0.05, 0) is 31.1 Å². The molecule has 0 amide bonds. The average molecular weight is 168 g/mol. The molecule has 1 rings (SSSR count). The summed E-state index contributed by atoms with van der Waals surface area (Å²) in [6.07, 6.45) is 3.61. The number of carbonyl (C=O) groups excluding carboxylic acids is 1. The SMILES string of the molecule is CC(=O)[C@H]1CCC[C@H]1C(C)(C)C. The van der Waals surface area contributed by atoms with Crippen molar-refractivity contribution in [3.8, 4) is 0 Å². The molecule has 1 aliphatic carbocycles. The highest BCUT2D eigenvalue weighted by Gasteiger charge is 2.37. The molecule has 0 saturated heterocycles. The molecule has 0 heterocycles. The van der Waals surface area contributed by atoms with Crippen molar-refractivity contribution in [2.24, 2.45) is 17.3 Å². The standard InChI is InChI=1S/C11H20O/c1-8(12)9-6-5-7-10(9)11(2,3)4/h9-10H,5-7H2,1-4H3/t9-,10-/m1/s1. The molecule has 0 bridgehead atoms. The van der Waals surface area contributed by atoms with Crippen LogP contribution in [0.5, 0.6) is 0 Å². The van der Waals surface area contributed by atoms with Gasteiger partial charge in [0.2, 0.25) is 0 Å². The van der Waals surface area contributed by atoms with E-state index >= 15 is 0 Å². The summed E-state index contributed by atoms with van der Waals surface area (Å²) in [5, 5.41) is 0. The summed E-state index contributed by atoms with van der Waals surface area (Å²) in [5.74, 6) is 1.37. The van der Waals surface area contributed by atoms with E-state index in [9.17, 15) is 4.79 Å². The van der Waals surface area contributed by atoms with E-state index in [1.54, 1.807) is 6.92 Å². The van der Waals surface area contributed by atoms with Gasteiger partial charge in [-0.3, -0.25) is 4.79 Å². The van der Waals surface area contributed by atoms with Gasteiger partial charge in [-0.25, -0.2) is 0 Å². The molecule has 70 valence electrons. The van der Waals surface area contributed by atoms with Gasteiger partial charge in [0.1, 0.15) is 5.78 Å². The fraction of sp³-hybridized carbons (Fsp3) is 0.909. The Kier molecular flexibility index (Phi) is 2.60. The van der Waals surface area contributed by atoms with Crippen molar-refractivity contribution >= 4 is 5.78 Å². The Labute approximate surface area is 75.5 Å². The predicted molar refractivity (Wildman–Crippen MR) is 51.0 cm³/mol. The molecule has 0 unspecified atom stereocenters. The zero-order valence-electron chi connectivity index (χ0n) is 8.68. The number of hydrogen-bond acceptors (Lipinski definition) is 1. The maximum Gasteiger partial charge on any atom is 0.133 e. The van der Waals surface area contributed by atoms with Gasteiger partial charge in [-0.15, -0.1) is 0 Å². The first-order chi connectivity index (χ1) is 5.43. The van der Waals surface area contributed by atoms with Crippen LogP contribution in [0, 0.1) is 17.3 Å². The molecule has 0 aromatic carbocycles. The van der Waals surface area contributed by atoms with E-state index in [0.717, 1.165) is 6.42 Å². The van der Waals surface area contributed by atoms with Crippen LogP contribution in [0.15, 0.2) is 0 Å². The van der Waals surface area contributed by atoms with Crippen LogP contribution in [0.4, 0.5) is 0 Å². The molecule has 2 atom stereocenters. The Bertz CT molecular complexity index is 176. The van der Waals surface area contributed by atoms with E-state index in [2.05, 4.69) is 20.8 Å². The van der Waals surface area contributed by atoms with E-state index in [0.29, 0.717) is 23.0 Å². The van der Waals surface area contributed by atoms with E-state index in [1.807, 2.05) is 0 Å². The third-order valence-corrected chi connectivity index (χ3v) is 3.15. The van der Waals surface area contributed by atoms with Gasteiger partial charge >= 0.3 is 0 Å². The minimum absolute atomic E-state index is 0.312. The van der Waals surface area contributed by atoms with Crippen LogP contribution in [0.25, 0.3) is 0 Å². The highest BCUT2D eigenvalue weighted by atomic mass is 16.1. The van der Waals surface area contributed by atoms with Gasteiger partial charge in [0.05, 0.1) is 0 Å². The first-order valence-corrected chi connectivity index (χ1v) is 4.93. The molecule has 12 heavy (non-hydrogen) atoms. The van der Waals surface area contributed by atoms with Gasteiger partial charge in [-0.2, -0.15) is 0 Å². The fourth-order valence-corrected chi connectivity index (χ4v) is 2.48. The zero-order valence-corrected chi connectivity index (χ0v) is 8.68. The van der Waals surface area contributed by atoms with Crippen LogP contribution < -0.4 is 0 Å². The molecule has 1 fully saturated rings. The van der Waals surface area contributed by atoms with Crippen LogP contribution in [-0.4, -0.2) is 5.78 Å². The van der Waals surface area contributed by atoms with Crippen molar-refractivity contribution in [1.29, 1.82) is 0 Å². The van der Waals surface area contributed by atoms with E-state index in [-0.39, 0.29) is 0 Å². The highest BCUT2D eigenvalue weighted by Crippen LogP contribution is 2.43. The number of ketones is 1. The summed E-state index contributed by atoms with van der Waals surface area (Å²) in [6.45, 7) is 8.49. The lowest BCUT2D eigenvalue weighted by molar-refractivity contribution is -0.122. The van der Waals surface area contributed by atoms with Crippen molar-refractivity contribution < 1.29 is 4.79 Å². The van der Waals surface area contributed by atoms with Crippen molar-refractivity contribution in [1.82, 2.24) is 0 Å². The molecular formula is C11H20O. The molecule has 0 aromatic heterocycles. The third kappa shape index (κ3) is 1.88. The summed E-state index contributed by atoms with van der Waals surface area (Å²) in [7, 11) is 0. The monoisotopic (exact) mass is 168 g/mol. The van der Waals surface area contributed by atoms with E-state index in [4.69, 9.17) is 0 Å². The van der Waals surface area contributed by atoms with E-state index < -0.39 is 0 Å². The molecule has 0 spiro atoms. The normalized spacial score (nSPS) is 30.7. The van der Waals surface area contributed by atoms with Crippen LogP contribution in [-0.2, 0) is 4.79 Å². The Balaban J connectivity index is 2.71. The van der Waals surface area contributed by atoms with Gasteiger partial charge in [-0.1, -0.05) is 27.2 Å². The quantitative estimate of drug-likeness (QED) is 0.588. The molecule has 1 nitrogen and oxygen atoms in total. The summed E-state index contributed by atoms with van der Waals surface area (Å²) >= 11 is 0. The van der Waals surface area contributed by atoms with Gasteiger partial charge < -0.3 is 0 Å². The smallest absolute Gasteiger partial charge is 0.133 e. The lowest BCUT2D eigenvalue weighted by Gasteiger charge is -2.31. The summed E-state index contributed by atoms with van der Waals surface area (Å²) in [4.78, 5) is 11.3. The molecule has 1 heteroatoms. The maximum atomic E-state index is 11.3. The third-order valence-electron chi connectivity index (χ3n) is 3.15. The Morgan fingerprint density at radius 1 is 1.25 bits per heavy atom. The summed E-state index contributed by atoms with van der Waals surface area (Å²) in [6, 6.07) is 0. The Morgan fingerprint density at radius 2 is 1.83 bits per heavy atom. The van der Waals surface area contributed by atoms with Gasteiger partial charge in [0, 0.05) is 5.92 Å². The topological polar surface area (TPSA) is 17.1 Å². The highest BCUT2D eigenvalue weighted by molar-refractivity contribution is 5.78. The van der Waals surface area contributed by atoms with Gasteiger partial charge in [0.15, 0.2) is 0 Å². The molecule has 0 N–H and O–H groups in total. The van der Waals surface area contributed by atoms with Crippen LogP contribution in [0.1, 0.15) is 47.0 Å². The molecule has 1 aliphatic rings. The lowest BCUT2D eigenvalue weighted by atomic mass is 9.74. The zero-order chi connectivity index (χ0) is 9.35. The van der Waals surface area contributed by atoms with Crippen LogP contribution >= 0.6 is 0 Å². The number of carbonyl (C=O) groups is 1. The Morgan fingerprint density at radius 3 is 2.17 bits per heavy atom. The average Bonchev–Trinajstić information content (AvgIpc) is 2.30. The van der Waals surface area contributed by atoms with Crippen molar-refractivity contribution in [2.75, 3.05) is 0 Å². The molecular weight excluding hydrogens is 148 g/mol. The second-order valence-electron chi connectivity index (χ2n) is 5.12. The number of hydrogen-bond donors (Lipinski definition) is 0. The Hall–Kier alpha value is -0.330. The van der Waals surface area contributed by atoms with Crippen LogP contribution in [0.3, 0.4) is 0 Å². The maximum absolute atomic E-state index is 11.3. The van der Waals surface area contributed by atoms with Crippen molar-refractivity contribution in [3.63, 3.8) is 0 Å². The molecule has 0 aliphatic heterocycles. The minimum Gasteiger partial charge on any atom is -0.300 e. The molecule has 0 radical (unpaired) electrons. The fourth-order valence-electron chi connectivity index (χ4n) is 2.48. The molecule has 0 aromatic rings. The van der Waals surface area contributed by atoms with Crippen LogP contribution in [0.2, 0.25) is 0 Å². The number of Topliss-reactive ketones (excluding diaryl/α,β-unsaturated/α-hetero) is 1. The first-order valence-electron chi connectivity index (χ1n) is 4.93. The number of rotatable bonds is 1.